The molecule has 3 nitrogen and oxygen atoms in total. The van der Waals surface area contributed by atoms with E-state index >= 15 is 0 Å². The molecular formula is C13H14N2OS. The maximum absolute atomic E-state index is 11.9. The van der Waals surface area contributed by atoms with Gasteiger partial charge in [-0.15, -0.1) is 0 Å². The van der Waals surface area contributed by atoms with Crippen molar-refractivity contribution in [2.24, 2.45) is 0 Å². The number of hydrogen-bond acceptors (Lipinski definition) is 3. The van der Waals surface area contributed by atoms with Gasteiger partial charge in [-0.1, -0.05) is 24.3 Å². The summed E-state index contributed by atoms with van der Waals surface area (Å²) in [7, 11) is 0. The first-order valence-electron chi connectivity index (χ1n) is 5.42. The molecule has 0 atom stereocenters. The number of hydrogen-bond donors (Lipinski definition) is 1. The summed E-state index contributed by atoms with van der Waals surface area (Å²) in [6.45, 7) is 4.44. The molecule has 0 aliphatic carbocycles. The molecule has 1 N–H and O–H groups in total. The number of aryl methyl sites for hydroxylation is 2. The van der Waals surface area contributed by atoms with Crippen LogP contribution in [0.15, 0.2) is 29.6 Å². The molecule has 1 aromatic heterocycles. The SMILES string of the molecule is Cc1ccccc1CNC(=O)c1csnc1C. The highest BCUT2D eigenvalue weighted by molar-refractivity contribution is 7.03. The minimum atomic E-state index is -0.0560. The number of carbonyl (C=O) groups is 1. The second-order valence-corrected chi connectivity index (χ2v) is 4.55. The van der Waals surface area contributed by atoms with Gasteiger partial charge < -0.3 is 5.32 Å². The van der Waals surface area contributed by atoms with E-state index in [0.717, 1.165) is 11.3 Å². The summed E-state index contributed by atoms with van der Waals surface area (Å²) in [4.78, 5) is 11.9. The molecule has 0 bridgehead atoms. The zero-order chi connectivity index (χ0) is 12.3. The number of amides is 1. The van der Waals surface area contributed by atoms with Gasteiger partial charge in [0.25, 0.3) is 5.91 Å². The topological polar surface area (TPSA) is 42.0 Å². The molecule has 17 heavy (non-hydrogen) atoms. The molecule has 2 rings (SSSR count). The average molecular weight is 246 g/mol. The summed E-state index contributed by atoms with van der Waals surface area (Å²) in [5.41, 5.74) is 3.79. The number of carbonyl (C=O) groups excluding carboxylic acids is 1. The predicted molar refractivity (Wildman–Crippen MR) is 69.2 cm³/mol. The fourth-order valence-electron chi connectivity index (χ4n) is 1.59. The van der Waals surface area contributed by atoms with Crippen LogP contribution in [0.3, 0.4) is 0 Å². The second-order valence-electron chi connectivity index (χ2n) is 3.92. The van der Waals surface area contributed by atoms with Gasteiger partial charge in [0, 0.05) is 11.9 Å². The van der Waals surface area contributed by atoms with E-state index in [0.29, 0.717) is 12.1 Å². The Balaban J connectivity index is 2.02. The summed E-state index contributed by atoms with van der Waals surface area (Å²) in [5, 5.41) is 4.69. The summed E-state index contributed by atoms with van der Waals surface area (Å²) in [6, 6.07) is 8.03. The molecule has 1 aromatic carbocycles. The van der Waals surface area contributed by atoms with Crippen molar-refractivity contribution in [3.63, 3.8) is 0 Å². The first-order valence-corrected chi connectivity index (χ1v) is 6.26. The van der Waals surface area contributed by atoms with Gasteiger partial charge in [-0.25, -0.2) is 0 Å². The summed E-state index contributed by atoms with van der Waals surface area (Å²) >= 11 is 1.31. The van der Waals surface area contributed by atoms with Crippen LogP contribution in [0.25, 0.3) is 0 Å². The lowest BCUT2D eigenvalue weighted by Crippen LogP contribution is -2.23. The van der Waals surface area contributed by atoms with Crippen molar-refractivity contribution >= 4 is 17.4 Å². The van der Waals surface area contributed by atoms with E-state index in [2.05, 4.69) is 9.69 Å². The number of nitrogens with one attached hydrogen (secondary N) is 1. The van der Waals surface area contributed by atoms with E-state index in [1.54, 1.807) is 5.38 Å². The van der Waals surface area contributed by atoms with E-state index < -0.39 is 0 Å². The van der Waals surface area contributed by atoms with E-state index in [9.17, 15) is 4.79 Å². The van der Waals surface area contributed by atoms with Gasteiger partial charge >= 0.3 is 0 Å². The van der Waals surface area contributed by atoms with E-state index in [1.165, 1.54) is 17.1 Å². The third kappa shape index (κ3) is 2.71. The minimum absolute atomic E-state index is 0.0560. The zero-order valence-corrected chi connectivity index (χ0v) is 10.7. The number of nitrogens with zero attached hydrogens (tertiary/aromatic N) is 1. The molecule has 1 amide bonds. The van der Waals surface area contributed by atoms with Crippen molar-refractivity contribution in [1.29, 1.82) is 0 Å². The van der Waals surface area contributed by atoms with Gasteiger partial charge in [0.1, 0.15) is 0 Å². The normalized spacial score (nSPS) is 10.2. The van der Waals surface area contributed by atoms with Crippen LogP contribution in [0.1, 0.15) is 27.2 Å². The van der Waals surface area contributed by atoms with Crippen molar-refractivity contribution in [1.82, 2.24) is 9.69 Å². The van der Waals surface area contributed by atoms with Gasteiger partial charge in [0.2, 0.25) is 0 Å². The average Bonchev–Trinajstić information content (AvgIpc) is 2.74. The molecule has 0 unspecified atom stereocenters. The first-order chi connectivity index (χ1) is 8.18. The summed E-state index contributed by atoms with van der Waals surface area (Å²) < 4.78 is 4.09. The molecule has 1 heterocycles. The lowest BCUT2D eigenvalue weighted by atomic mass is 10.1. The zero-order valence-electron chi connectivity index (χ0n) is 9.86. The van der Waals surface area contributed by atoms with Gasteiger partial charge in [-0.2, -0.15) is 4.37 Å². The number of rotatable bonds is 3. The Labute approximate surface area is 105 Å². The maximum Gasteiger partial charge on any atom is 0.254 e. The molecule has 0 fully saturated rings. The van der Waals surface area contributed by atoms with Crippen molar-refractivity contribution in [3.8, 4) is 0 Å². The molecule has 2 aromatic rings. The molecule has 0 saturated heterocycles. The monoisotopic (exact) mass is 246 g/mol. The Morgan fingerprint density at radius 1 is 1.35 bits per heavy atom. The third-order valence-electron chi connectivity index (χ3n) is 2.70. The molecule has 0 radical (unpaired) electrons. The standard InChI is InChI=1S/C13H14N2OS/c1-9-5-3-4-6-11(9)7-14-13(16)12-8-17-15-10(12)2/h3-6,8H,7H2,1-2H3,(H,14,16). The Kier molecular flexibility index (Phi) is 3.54. The Hall–Kier alpha value is -1.68. The molecule has 88 valence electrons. The van der Waals surface area contributed by atoms with Crippen LogP contribution in [0.2, 0.25) is 0 Å². The highest BCUT2D eigenvalue weighted by atomic mass is 32.1. The number of benzene rings is 1. The Bertz CT molecular complexity index is 534. The van der Waals surface area contributed by atoms with Gasteiger partial charge in [0.05, 0.1) is 11.3 Å². The number of aromatic nitrogens is 1. The lowest BCUT2D eigenvalue weighted by Gasteiger charge is -2.07. The van der Waals surface area contributed by atoms with Crippen molar-refractivity contribution < 1.29 is 4.79 Å². The van der Waals surface area contributed by atoms with E-state index in [4.69, 9.17) is 0 Å². The fourth-order valence-corrected chi connectivity index (χ4v) is 2.28. The molecule has 0 aliphatic rings. The smallest absolute Gasteiger partial charge is 0.254 e. The second kappa shape index (κ2) is 5.10. The third-order valence-corrected chi connectivity index (χ3v) is 3.42. The Morgan fingerprint density at radius 3 is 2.76 bits per heavy atom. The Morgan fingerprint density at radius 2 is 2.12 bits per heavy atom. The first kappa shape index (κ1) is 11.8. The van der Waals surface area contributed by atoms with Gasteiger partial charge in [0.15, 0.2) is 0 Å². The lowest BCUT2D eigenvalue weighted by molar-refractivity contribution is 0.0950. The highest BCUT2D eigenvalue weighted by Gasteiger charge is 2.10. The van der Waals surface area contributed by atoms with Crippen LogP contribution >= 0.6 is 11.5 Å². The van der Waals surface area contributed by atoms with Gasteiger partial charge in [-0.05, 0) is 36.5 Å². The molecule has 0 saturated carbocycles. The predicted octanol–water partition coefficient (Wildman–Crippen LogP) is 2.69. The summed E-state index contributed by atoms with van der Waals surface area (Å²) in [6.07, 6.45) is 0. The van der Waals surface area contributed by atoms with Crippen molar-refractivity contribution in [2.75, 3.05) is 0 Å². The molecular weight excluding hydrogens is 232 g/mol. The van der Waals surface area contributed by atoms with Crippen molar-refractivity contribution in [3.05, 3.63) is 52.0 Å². The van der Waals surface area contributed by atoms with Crippen LogP contribution < -0.4 is 5.32 Å². The molecule has 0 spiro atoms. The maximum atomic E-state index is 11.9. The van der Waals surface area contributed by atoms with Crippen LogP contribution in [-0.2, 0) is 6.54 Å². The quantitative estimate of drug-likeness (QED) is 0.904. The van der Waals surface area contributed by atoms with E-state index in [-0.39, 0.29) is 5.91 Å². The van der Waals surface area contributed by atoms with Gasteiger partial charge in [-0.3, -0.25) is 4.79 Å². The molecule has 4 heteroatoms. The van der Waals surface area contributed by atoms with Crippen LogP contribution in [0.5, 0.6) is 0 Å². The van der Waals surface area contributed by atoms with Crippen LogP contribution in [0.4, 0.5) is 0 Å². The van der Waals surface area contributed by atoms with Crippen molar-refractivity contribution in [2.45, 2.75) is 20.4 Å². The van der Waals surface area contributed by atoms with Crippen LogP contribution in [-0.4, -0.2) is 10.3 Å². The summed E-state index contributed by atoms with van der Waals surface area (Å²) in [5.74, 6) is -0.0560. The minimum Gasteiger partial charge on any atom is -0.348 e. The van der Waals surface area contributed by atoms with Crippen LogP contribution in [0, 0.1) is 13.8 Å². The largest absolute Gasteiger partial charge is 0.348 e. The van der Waals surface area contributed by atoms with E-state index in [1.807, 2.05) is 38.1 Å². The highest BCUT2D eigenvalue weighted by Crippen LogP contribution is 2.10. The fraction of sp³-hybridized carbons (Fsp3) is 0.231. The molecule has 0 aliphatic heterocycles.